The van der Waals surface area contributed by atoms with Crippen LogP contribution < -0.4 is 20.1 Å². The van der Waals surface area contributed by atoms with Crippen LogP contribution in [0.4, 0.5) is 10.5 Å². The molecule has 4 amide bonds. The number of carboxylic acid groups (broad SMARTS) is 1. The van der Waals surface area contributed by atoms with Gasteiger partial charge in [-0.05, 0) is 48.9 Å². The van der Waals surface area contributed by atoms with E-state index >= 15 is 0 Å². The molecule has 1 fully saturated rings. The fraction of sp³-hybridized carbons (Fsp3) is 0.100. The van der Waals surface area contributed by atoms with E-state index in [0.717, 1.165) is 4.90 Å². The predicted octanol–water partition coefficient (Wildman–Crippen LogP) is 1.52. The van der Waals surface area contributed by atoms with Crippen LogP contribution in [0.3, 0.4) is 0 Å². The van der Waals surface area contributed by atoms with Crippen LogP contribution in [0.2, 0.25) is 5.02 Å². The third-order valence-corrected chi connectivity index (χ3v) is 4.24. The van der Waals surface area contributed by atoms with Gasteiger partial charge in [-0.3, -0.25) is 14.9 Å². The minimum Gasteiger partial charge on any atom is -0.546 e. The van der Waals surface area contributed by atoms with Crippen LogP contribution in [-0.2, 0) is 14.4 Å². The van der Waals surface area contributed by atoms with E-state index in [9.17, 15) is 24.3 Å². The van der Waals surface area contributed by atoms with Gasteiger partial charge in [-0.25, -0.2) is 9.69 Å². The minimum absolute atomic E-state index is 0.221. The highest BCUT2D eigenvalue weighted by atomic mass is 35.5. The van der Waals surface area contributed by atoms with Gasteiger partial charge in [0.15, 0.2) is 0 Å². The number of anilines is 1. The number of benzene rings is 2. The maximum absolute atomic E-state index is 12.8. The number of imide groups is 2. The highest BCUT2D eigenvalue weighted by Gasteiger charge is 2.36. The second-order valence-electron chi connectivity index (χ2n) is 6.09. The molecule has 0 saturated carbocycles. The number of ether oxygens (including phenoxy) is 1. The van der Waals surface area contributed by atoms with Gasteiger partial charge < -0.3 is 14.6 Å². The quantitative estimate of drug-likeness (QED) is 0.587. The molecular formula is C20H14ClN2O6-. The molecule has 0 aromatic heterocycles. The summed E-state index contributed by atoms with van der Waals surface area (Å²) in [6.45, 7) is 1.33. The topological polar surface area (TPSA) is 116 Å². The summed E-state index contributed by atoms with van der Waals surface area (Å²) < 4.78 is 5.17. The first kappa shape index (κ1) is 20.1. The number of urea groups is 1. The zero-order chi connectivity index (χ0) is 21.1. The lowest BCUT2D eigenvalue weighted by Gasteiger charge is -2.26. The number of aliphatic carboxylic acids is 1. The van der Waals surface area contributed by atoms with Crippen molar-refractivity contribution in [1.29, 1.82) is 0 Å². The highest BCUT2D eigenvalue weighted by molar-refractivity contribution is 6.39. The third-order valence-electron chi connectivity index (χ3n) is 4.00. The van der Waals surface area contributed by atoms with E-state index in [1.165, 1.54) is 49.4 Å². The fourth-order valence-corrected chi connectivity index (χ4v) is 2.75. The molecule has 148 valence electrons. The van der Waals surface area contributed by atoms with Crippen molar-refractivity contribution in [2.75, 3.05) is 4.90 Å². The van der Waals surface area contributed by atoms with E-state index < -0.39 is 29.9 Å². The van der Waals surface area contributed by atoms with Gasteiger partial charge in [-0.1, -0.05) is 29.8 Å². The average molecular weight is 414 g/mol. The van der Waals surface area contributed by atoms with Gasteiger partial charge in [0.05, 0.1) is 11.7 Å². The van der Waals surface area contributed by atoms with Crippen LogP contribution in [0, 0.1) is 0 Å². The summed E-state index contributed by atoms with van der Waals surface area (Å²) in [6.07, 6.45) is 0.176. The van der Waals surface area contributed by atoms with Crippen LogP contribution in [-0.4, -0.2) is 29.9 Å². The van der Waals surface area contributed by atoms with Crippen LogP contribution in [0.5, 0.6) is 5.75 Å². The van der Waals surface area contributed by atoms with E-state index in [1.807, 2.05) is 0 Å². The number of carboxylic acids is 1. The number of nitrogens with zero attached hydrogens (tertiary/aromatic N) is 1. The monoisotopic (exact) mass is 413 g/mol. The Morgan fingerprint density at radius 1 is 1.17 bits per heavy atom. The smallest absolute Gasteiger partial charge is 0.335 e. The number of carbonyl (C=O) groups is 4. The molecule has 1 aliphatic rings. The third kappa shape index (κ3) is 4.44. The molecule has 9 heteroatoms. The fourth-order valence-electron chi connectivity index (χ4n) is 2.57. The largest absolute Gasteiger partial charge is 0.546 e. The van der Waals surface area contributed by atoms with Crippen molar-refractivity contribution in [2.24, 2.45) is 0 Å². The Morgan fingerprint density at radius 2 is 1.86 bits per heavy atom. The maximum atomic E-state index is 12.8. The number of amides is 4. The predicted molar refractivity (Wildman–Crippen MR) is 102 cm³/mol. The van der Waals surface area contributed by atoms with Gasteiger partial charge in [-0.2, -0.15) is 0 Å². The maximum Gasteiger partial charge on any atom is 0.335 e. The van der Waals surface area contributed by atoms with Gasteiger partial charge in [0.1, 0.15) is 17.4 Å². The highest BCUT2D eigenvalue weighted by Crippen LogP contribution is 2.25. The van der Waals surface area contributed by atoms with Crippen LogP contribution in [0.1, 0.15) is 12.5 Å². The summed E-state index contributed by atoms with van der Waals surface area (Å²) in [5.41, 5.74) is 0.442. The molecule has 1 saturated heterocycles. The van der Waals surface area contributed by atoms with Crippen molar-refractivity contribution in [3.05, 3.63) is 64.7 Å². The molecule has 1 N–H and O–H groups in total. The lowest BCUT2D eigenvalue weighted by molar-refractivity contribution is -0.312. The SMILES string of the molecule is C[C@H](Oc1ccc(/C=C2\C(=O)NC(=O)N(c3cccc(Cl)c3)C2=O)cc1)C(=O)[O-]. The van der Waals surface area contributed by atoms with Gasteiger partial charge in [-0.15, -0.1) is 0 Å². The Kier molecular flexibility index (Phi) is 5.65. The Morgan fingerprint density at radius 3 is 2.48 bits per heavy atom. The van der Waals surface area contributed by atoms with Gasteiger partial charge >= 0.3 is 6.03 Å². The average Bonchev–Trinajstić information content (AvgIpc) is 2.66. The van der Waals surface area contributed by atoms with Crippen LogP contribution in [0.15, 0.2) is 54.1 Å². The molecule has 1 heterocycles. The number of hydrogen-bond donors (Lipinski definition) is 1. The molecule has 1 aliphatic heterocycles. The Labute approximate surface area is 170 Å². The lowest BCUT2D eigenvalue weighted by Crippen LogP contribution is -2.54. The molecule has 8 nitrogen and oxygen atoms in total. The molecule has 0 radical (unpaired) electrons. The summed E-state index contributed by atoms with van der Waals surface area (Å²) >= 11 is 5.92. The van der Waals surface area contributed by atoms with E-state index in [1.54, 1.807) is 12.1 Å². The molecule has 0 bridgehead atoms. The lowest BCUT2D eigenvalue weighted by atomic mass is 10.1. The van der Waals surface area contributed by atoms with Gasteiger partial charge in [0.25, 0.3) is 11.8 Å². The second kappa shape index (κ2) is 8.15. The second-order valence-corrected chi connectivity index (χ2v) is 6.52. The first-order valence-electron chi connectivity index (χ1n) is 8.41. The first-order valence-corrected chi connectivity index (χ1v) is 8.78. The molecule has 1 atom stereocenters. The summed E-state index contributed by atoms with van der Waals surface area (Å²) in [5, 5.41) is 13.2. The number of hydrogen-bond acceptors (Lipinski definition) is 6. The standard InChI is InChI=1S/C20H15ClN2O6/c1-11(19(26)27)29-15-7-5-12(6-8-15)9-16-17(24)22-20(28)23(18(16)25)14-4-2-3-13(21)10-14/h2-11H,1H3,(H,26,27)(H,22,24,28)/p-1/b16-9+/t11-/m0/s1. The molecule has 2 aromatic carbocycles. The minimum atomic E-state index is -1.36. The van der Waals surface area contributed by atoms with Crippen LogP contribution >= 0.6 is 11.6 Å². The number of barbiturate groups is 1. The van der Waals surface area contributed by atoms with Gasteiger partial charge in [0, 0.05) is 5.02 Å². The zero-order valence-electron chi connectivity index (χ0n) is 15.0. The molecule has 2 aromatic rings. The summed E-state index contributed by atoms with van der Waals surface area (Å²) in [6, 6.07) is 11.3. The number of rotatable bonds is 5. The van der Waals surface area contributed by atoms with Crippen molar-refractivity contribution in [2.45, 2.75) is 13.0 Å². The number of halogens is 1. The van der Waals surface area contributed by atoms with Gasteiger partial charge in [0.2, 0.25) is 0 Å². The van der Waals surface area contributed by atoms with Crippen molar-refractivity contribution >= 4 is 47.2 Å². The van der Waals surface area contributed by atoms with Crippen molar-refractivity contribution in [3.63, 3.8) is 0 Å². The van der Waals surface area contributed by atoms with E-state index in [-0.39, 0.29) is 17.0 Å². The number of carbonyl (C=O) groups excluding carboxylic acids is 4. The molecular weight excluding hydrogens is 400 g/mol. The van der Waals surface area contributed by atoms with Crippen molar-refractivity contribution < 1.29 is 29.0 Å². The van der Waals surface area contributed by atoms with Crippen molar-refractivity contribution in [1.82, 2.24) is 5.32 Å². The van der Waals surface area contributed by atoms with E-state index in [0.29, 0.717) is 10.6 Å². The zero-order valence-corrected chi connectivity index (χ0v) is 15.8. The molecule has 3 rings (SSSR count). The molecule has 0 aliphatic carbocycles. The van der Waals surface area contributed by atoms with Crippen LogP contribution in [0.25, 0.3) is 6.08 Å². The summed E-state index contributed by atoms with van der Waals surface area (Å²) in [5.74, 6) is -2.71. The normalized spacial score (nSPS) is 16.6. The van der Waals surface area contributed by atoms with E-state index in [4.69, 9.17) is 16.3 Å². The molecule has 29 heavy (non-hydrogen) atoms. The Bertz CT molecular complexity index is 1030. The summed E-state index contributed by atoms with van der Waals surface area (Å²) in [7, 11) is 0. The molecule has 0 unspecified atom stereocenters. The Balaban J connectivity index is 1.87. The first-order chi connectivity index (χ1) is 13.8. The molecule has 0 spiro atoms. The van der Waals surface area contributed by atoms with E-state index in [2.05, 4.69) is 5.32 Å². The number of nitrogens with one attached hydrogen (secondary N) is 1. The summed E-state index contributed by atoms with van der Waals surface area (Å²) in [4.78, 5) is 48.7. The Hall–Kier alpha value is -3.65. The van der Waals surface area contributed by atoms with Crippen molar-refractivity contribution in [3.8, 4) is 5.75 Å².